The largest absolute Gasteiger partial charge is 0.493 e. The topological polar surface area (TPSA) is 54.9 Å². The number of aliphatic imine (C=N–C) groups is 1. The molecule has 0 heterocycles. The van der Waals surface area contributed by atoms with Crippen molar-refractivity contribution in [1.29, 1.82) is 0 Å². The SMILES string of the molecule is CCNC(=NCc1cc(Cl)c(OCC)c(OC)c1)NC1CCC(SC)C1.I. The second-order valence-electron chi connectivity index (χ2n) is 6.25. The molecule has 2 N–H and O–H groups in total. The molecule has 2 atom stereocenters. The predicted octanol–water partition coefficient (Wildman–Crippen LogP) is 4.70. The van der Waals surface area contributed by atoms with Gasteiger partial charge >= 0.3 is 0 Å². The number of thioether (sulfide) groups is 1. The van der Waals surface area contributed by atoms with E-state index in [1.165, 1.54) is 19.3 Å². The third kappa shape index (κ3) is 7.42. The fraction of sp³-hybridized carbons (Fsp3) is 0.632. The number of nitrogens with zero attached hydrogens (tertiary/aromatic N) is 1. The lowest BCUT2D eigenvalue weighted by Crippen LogP contribution is -2.42. The fourth-order valence-corrected chi connectivity index (χ4v) is 4.20. The second-order valence-corrected chi connectivity index (χ2v) is 7.79. The quantitative estimate of drug-likeness (QED) is 0.291. The summed E-state index contributed by atoms with van der Waals surface area (Å²) < 4.78 is 11.0. The molecule has 154 valence electrons. The highest BCUT2D eigenvalue weighted by Crippen LogP contribution is 2.36. The van der Waals surface area contributed by atoms with Crippen LogP contribution in [0, 0.1) is 0 Å². The standard InChI is InChI=1S/C19H30ClN3O2S.HI/c1-5-21-19(23-14-7-8-15(11-14)26-4)22-12-13-9-16(20)18(25-6-2)17(10-13)24-3;/h9-10,14-15H,5-8,11-12H2,1-4H3,(H2,21,22,23);1H. The smallest absolute Gasteiger partial charge is 0.191 e. The van der Waals surface area contributed by atoms with Crippen molar-refractivity contribution in [3.05, 3.63) is 22.7 Å². The molecule has 1 aromatic rings. The van der Waals surface area contributed by atoms with Crippen molar-refractivity contribution >= 4 is 53.3 Å². The summed E-state index contributed by atoms with van der Waals surface area (Å²) in [6, 6.07) is 4.31. The van der Waals surface area contributed by atoms with Crippen molar-refractivity contribution in [3.63, 3.8) is 0 Å². The third-order valence-electron chi connectivity index (χ3n) is 4.40. The van der Waals surface area contributed by atoms with Crippen molar-refractivity contribution in [2.75, 3.05) is 26.5 Å². The maximum Gasteiger partial charge on any atom is 0.191 e. The Labute approximate surface area is 189 Å². The van der Waals surface area contributed by atoms with Crippen LogP contribution in [0.15, 0.2) is 17.1 Å². The van der Waals surface area contributed by atoms with E-state index in [4.69, 9.17) is 26.1 Å². The average Bonchev–Trinajstić information content (AvgIpc) is 3.09. The van der Waals surface area contributed by atoms with Crippen LogP contribution in [0.5, 0.6) is 11.5 Å². The van der Waals surface area contributed by atoms with Gasteiger partial charge in [0, 0.05) is 17.8 Å². The highest BCUT2D eigenvalue weighted by atomic mass is 127. The van der Waals surface area contributed by atoms with Gasteiger partial charge in [0.1, 0.15) is 0 Å². The summed E-state index contributed by atoms with van der Waals surface area (Å²) in [5.41, 5.74) is 0.987. The first-order valence-electron chi connectivity index (χ1n) is 9.18. The summed E-state index contributed by atoms with van der Waals surface area (Å²) in [5.74, 6) is 2.08. The molecule has 27 heavy (non-hydrogen) atoms. The second kappa shape index (κ2) is 12.8. The number of nitrogens with one attached hydrogen (secondary N) is 2. The van der Waals surface area contributed by atoms with Gasteiger partial charge in [-0.25, -0.2) is 4.99 Å². The number of rotatable bonds is 8. The number of guanidine groups is 1. The lowest BCUT2D eigenvalue weighted by molar-refractivity contribution is 0.311. The van der Waals surface area contributed by atoms with Gasteiger partial charge in [0.05, 0.1) is 25.3 Å². The fourth-order valence-electron chi connectivity index (χ4n) is 3.12. The Morgan fingerprint density at radius 3 is 2.70 bits per heavy atom. The van der Waals surface area contributed by atoms with Crippen LogP contribution in [-0.2, 0) is 6.54 Å². The minimum Gasteiger partial charge on any atom is -0.493 e. The minimum absolute atomic E-state index is 0. The Bertz CT molecular complexity index is 619. The van der Waals surface area contributed by atoms with Gasteiger partial charge in [-0.05, 0) is 57.1 Å². The van der Waals surface area contributed by atoms with E-state index in [2.05, 4.69) is 23.8 Å². The molecule has 0 aromatic heterocycles. The van der Waals surface area contributed by atoms with Crippen LogP contribution in [-0.4, -0.2) is 43.8 Å². The van der Waals surface area contributed by atoms with Gasteiger partial charge in [0.15, 0.2) is 17.5 Å². The molecule has 0 radical (unpaired) electrons. The molecule has 1 saturated carbocycles. The van der Waals surface area contributed by atoms with E-state index in [9.17, 15) is 0 Å². The van der Waals surface area contributed by atoms with Crippen molar-refractivity contribution in [2.45, 2.75) is 50.9 Å². The zero-order valence-corrected chi connectivity index (χ0v) is 20.4. The lowest BCUT2D eigenvalue weighted by Gasteiger charge is -2.17. The number of methoxy groups -OCH3 is 1. The minimum atomic E-state index is 0. The van der Waals surface area contributed by atoms with Gasteiger partial charge in [0.2, 0.25) is 0 Å². The summed E-state index contributed by atoms with van der Waals surface area (Å²) >= 11 is 8.31. The molecule has 2 unspecified atom stereocenters. The van der Waals surface area contributed by atoms with E-state index in [1.54, 1.807) is 7.11 Å². The number of benzene rings is 1. The summed E-state index contributed by atoms with van der Waals surface area (Å²) in [4.78, 5) is 4.72. The zero-order chi connectivity index (χ0) is 18.9. The van der Waals surface area contributed by atoms with Gasteiger partial charge in [-0.2, -0.15) is 11.8 Å². The molecule has 2 rings (SSSR count). The van der Waals surface area contributed by atoms with Crippen LogP contribution in [0.3, 0.4) is 0 Å². The summed E-state index contributed by atoms with van der Waals surface area (Å²) in [6.07, 6.45) is 5.84. The van der Waals surface area contributed by atoms with E-state index < -0.39 is 0 Å². The average molecular weight is 528 g/mol. The zero-order valence-electron chi connectivity index (χ0n) is 16.5. The Morgan fingerprint density at radius 2 is 2.11 bits per heavy atom. The van der Waals surface area contributed by atoms with Crippen molar-refractivity contribution in [3.8, 4) is 11.5 Å². The summed E-state index contributed by atoms with van der Waals surface area (Å²) in [7, 11) is 1.62. The van der Waals surface area contributed by atoms with Crippen molar-refractivity contribution in [1.82, 2.24) is 10.6 Å². The molecule has 8 heteroatoms. The first-order chi connectivity index (χ1) is 12.6. The van der Waals surface area contributed by atoms with Gasteiger partial charge < -0.3 is 20.1 Å². The van der Waals surface area contributed by atoms with Crippen LogP contribution in [0.4, 0.5) is 0 Å². The first kappa shape index (κ1) is 24.5. The molecule has 1 aliphatic carbocycles. The first-order valence-corrected chi connectivity index (χ1v) is 10.8. The van der Waals surface area contributed by atoms with Crippen LogP contribution in [0.1, 0.15) is 38.7 Å². The lowest BCUT2D eigenvalue weighted by atomic mass is 10.2. The van der Waals surface area contributed by atoms with E-state index in [0.29, 0.717) is 35.7 Å². The maximum absolute atomic E-state index is 6.35. The third-order valence-corrected chi connectivity index (χ3v) is 5.78. The Balaban J connectivity index is 0.00000364. The highest BCUT2D eigenvalue weighted by Gasteiger charge is 2.24. The maximum atomic E-state index is 6.35. The molecular formula is C19H31ClIN3O2S. The molecule has 0 saturated heterocycles. The van der Waals surface area contributed by atoms with E-state index >= 15 is 0 Å². The van der Waals surface area contributed by atoms with Crippen LogP contribution >= 0.6 is 47.3 Å². The molecule has 0 spiro atoms. The number of hydrogen-bond acceptors (Lipinski definition) is 4. The Kier molecular flexibility index (Phi) is 11.6. The van der Waals surface area contributed by atoms with Crippen LogP contribution < -0.4 is 20.1 Å². The molecule has 0 amide bonds. The number of halogens is 2. The van der Waals surface area contributed by atoms with Crippen LogP contribution in [0.2, 0.25) is 5.02 Å². The molecule has 1 aliphatic rings. The molecule has 1 aromatic carbocycles. The highest BCUT2D eigenvalue weighted by molar-refractivity contribution is 14.0. The molecule has 5 nitrogen and oxygen atoms in total. The van der Waals surface area contributed by atoms with Gasteiger partial charge in [-0.15, -0.1) is 24.0 Å². The van der Waals surface area contributed by atoms with Crippen molar-refractivity contribution in [2.24, 2.45) is 4.99 Å². The Morgan fingerprint density at radius 1 is 1.33 bits per heavy atom. The molecule has 0 aliphatic heterocycles. The van der Waals surface area contributed by atoms with E-state index in [0.717, 1.165) is 23.3 Å². The van der Waals surface area contributed by atoms with Gasteiger partial charge in [0.25, 0.3) is 0 Å². The normalized spacial score (nSPS) is 19.4. The molecule has 1 fully saturated rings. The molecular weight excluding hydrogens is 497 g/mol. The molecule has 0 bridgehead atoms. The van der Waals surface area contributed by atoms with E-state index in [-0.39, 0.29) is 24.0 Å². The van der Waals surface area contributed by atoms with Crippen LogP contribution in [0.25, 0.3) is 0 Å². The Hall–Kier alpha value is -0.540. The summed E-state index contributed by atoms with van der Waals surface area (Å²) in [6.45, 7) is 5.90. The van der Waals surface area contributed by atoms with Gasteiger partial charge in [-0.1, -0.05) is 11.6 Å². The van der Waals surface area contributed by atoms with Crippen molar-refractivity contribution < 1.29 is 9.47 Å². The number of ether oxygens (including phenoxy) is 2. The monoisotopic (exact) mass is 527 g/mol. The summed E-state index contributed by atoms with van der Waals surface area (Å²) in [5, 5.41) is 8.20. The van der Waals surface area contributed by atoms with Gasteiger partial charge in [-0.3, -0.25) is 0 Å². The predicted molar refractivity (Wildman–Crippen MR) is 127 cm³/mol. The van der Waals surface area contributed by atoms with E-state index in [1.807, 2.05) is 30.8 Å². The number of hydrogen-bond donors (Lipinski definition) is 2.